The number of thioether (sulfide) groups is 1. The highest BCUT2D eigenvalue weighted by Crippen LogP contribution is 2.36. The van der Waals surface area contributed by atoms with E-state index in [2.05, 4.69) is 24.2 Å². The summed E-state index contributed by atoms with van der Waals surface area (Å²) in [4.78, 5) is 12.5. The summed E-state index contributed by atoms with van der Waals surface area (Å²) in [5, 5.41) is 31.0. The minimum atomic E-state index is -4.25. The Hall–Kier alpha value is -2.40. The molecule has 166 valence electrons. The van der Waals surface area contributed by atoms with Gasteiger partial charge in [0.05, 0.1) is 17.7 Å². The van der Waals surface area contributed by atoms with Crippen molar-refractivity contribution in [1.82, 2.24) is 24.7 Å². The number of nitrogens with two attached hydrogens (primary N) is 2. The highest BCUT2D eigenvalue weighted by molar-refractivity contribution is 7.98. The van der Waals surface area contributed by atoms with E-state index >= 15 is 0 Å². The maximum Gasteiger partial charge on any atom is 0.333 e. The van der Waals surface area contributed by atoms with E-state index in [-0.39, 0.29) is 11.5 Å². The molecule has 0 saturated carbocycles. The first kappa shape index (κ1) is 21.8. The van der Waals surface area contributed by atoms with Crippen LogP contribution in [0.2, 0.25) is 0 Å². The lowest BCUT2D eigenvalue weighted by atomic mass is 10.1. The van der Waals surface area contributed by atoms with Gasteiger partial charge in [-0.3, -0.25) is 9.17 Å². The third kappa shape index (κ3) is 4.62. The first-order valence-corrected chi connectivity index (χ1v) is 11.4. The summed E-state index contributed by atoms with van der Waals surface area (Å²) >= 11 is 1.34. The molecule has 13 nitrogen and oxygen atoms in total. The van der Waals surface area contributed by atoms with Crippen LogP contribution in [-0.2, 0) is 25.0 Å². The molecule has 3 aromatic heterocycles. The smallest absolute Gasteiger partial charge is 0.333 e. The lowest BCUT2D eigenvalue weighted by Gasteiger charge is -2.15. The number of nitrogens with zero attached hydrogens (tertiary/aromatic N) is 5. The predicted octanol–water partition coefficient (Wildman–Crippen LogP) is -1.06. The van der Waals surface area contributed by atoms with E-state index in [4.69, 9.17) is 15.6 Å². The molecule has 3 aromatic rings. The SMILES string of the molecule is Nc1ncnc2c1c(SCc1ccccn1)nn2[C@@H]1O[C@H](COS(N)(=O)=O)[C@@H](O)[C@H]1O. The van der Waals surface area contributed by atoms with E-state index in [0.29, 0.717) is 16.2 Å². The van der Waals surface area contributed by atoms with Gasteiger partial charge in [0.25, 0.3) is 0 Å². The van der Waals surface area contributed by atoms with Crippen LogP contribution in [0.3, 0.4) is 0 Å². The second-order valence-corrected chi connectivity index (χ2v) is 8.83. The summed E-state index contributed by atoms with van der Waals surface area (Å²) in [6.07, 6.45) is -2.32. The molecule has 4 rings (SSSR count). The van der Waals surface area contributed by atoms with Gasteiger partial charge in [-0.15, -0.1) is 0 Å². The number of pyridine rings is 1. The van der Waals surface area contributed by atoms with Crippen LogP contribution in [0, 0.1) is 0 Å². The molecule has 15 heteroatoms. The molecular weight excluding hydrogens is 450 g/mol. The highest BCUT2D eigenvalue weighted by atomic mass is 32.2. The molecule has 1 fully saturated rings. The molecule has 0 aromatic carbocycles. The Labute approximate surface area is 180 Å². The van der Waals surface area contributed by atoms with Gasteiger partial charge in [-0.05, 0) is 12.1 Å². The van der Waals surface area contributed by atoms with Gasteiger partial charge < -0.3 is 20.7 Å². The summed E-state index contributed by atoms with van der Waals surface area (Å²) in [5.41, 5.74) is 7.13. The number of hydrogen-bond acceptors (Lipinski definition) is 12. The van der Waals surface area contributed by atoms with Crippen molar-refractivity contribution in [1.29, 1.82) is 0 Å². The molecule has 31 heavy (non-hydrogen) atoms. The molecule has 6 N–H and O–H groups in total. The Balaban J connectivity index is 1.64. The third-order valence-electron chi connectivity index (χ3n) is 4.54. The minimum Gasteiger partial charge on any atom is -0.387 e. The van der Waals surface area contributed by atoms with Crippen LogP contribution in [-0.4, -0.2) is 68.3 Å². The quantitative estimate of drug-likeness (QED) is 0.306. The van der Waals surface area contributed by atoms with Gasteiger partial charge in [0, 0.05) is 11.9 Å². The first-order chi connectivity index (χ1) is 14.7. The van der Waals surface area contributed by atoms with Crippen LogP contribution in [0.25, 0.3) is 11.0 Å². The zero-order valence-corrected chi connectivity index (χ0v) is 17.5. The monoisotopic (exact) mass is 469 g/mol. The molecule has 1 saturated heterocycles. The highest BCUT2D eigenvalue weighted by Gasteiger charge is 2.45. The number of fused-ring (bicyclic) bond motifs is 1. The fourth-order valence-corrected chi connectivity index (χ4v) is 4.36. The number of aliphatic hydroxyl groups excluding tert-OH is 2. The summed E-state index contributed by atoms with van der Waals surface area (Å²) < 4.78 is 33.4. The number of aromatic nitrogens is 5. The number of rotatable bonds is 7. The average Bonchev–Trinajstić information content (AvgIpc) is 3.24. The van der Waals surface area contributed by atoms with Crippen LogP contribution in [0.1, 0.15) is 11.9 Å². The molecule has 0 radical (unpaired) electrons. The van der Waals surface area contributed by atoms with Crippen LogP contribution < -0.4 is 10.9 Å². The number of nitrogen functional groups attached to an aromatic ring is 1. The molecule has 4 heterocycles. The van der Waals surface area contributed by atoms with E-state index in [1.807, 2.05) is 18.2 Å². The topological polar surface area (TPSA) is 202 Å². The molecule has 0 aliphatic carbocycles. The summed E-state index contributed by atoms with van der Waals surface area (Å²) in [6.45, 7) is -0.578. The summed E-state index contributed by atoms with van der Waals surface area (Å²) in [5.74, 6) is 0.671. The van der Waals surface area contributed by atoms with Gasteiger partial charge in [-0.2, -0.15) is 13.5 Å². The Kier molecular flexibility index (Phi) is 6.07. The fourth-order valence-electron chi connectivity index (χ4n) is 3.10. The van der Waals surface area contributed by atoms with Gasteiger partial charge in [-0.25, -0.2) is 19.8 Å². The summed E-state index contributed by atoms with van der Waals surface area (Å²) in [7, 11) is -4.25. The van der Waals surface area contributed by atoms with Crippen molar-refractivity contribution in [2.24, 2.45) is 5.14 Å². The molecular formula is C16H19N7O6S2. The zero-order valence-electron chi connectivity index (χ0n) is 15.8. The average molecular weight is 470 g/mol. The number of hydrogen-bond donors (Lipinski definition) is 4. The summed E-state index contributed by atoms with van der Waals surface area (Å²) in [6, 6.07) is 5.54. The van der Waals surface area contributed by atoms with Gasteiger partial charge in [-0.1, -0.05) is 17.8 Å². The van der Waals surface area contributed by atoms with Gasteiger partial charge >= 0.3 is 10.3 Å². The molecule has 0 unspecified atom stereocenters. The lowest BCUT2D eigenvalue weighted by Crippen LogP contribution is -2.35. The van der Waals surface area contributed by atoms with Crippen molar-refractivity contribution in [3.05, 3.63) is 36.4 Å². The van der Waals surface area contributed by atoms with Crippen molar-refractivity contribution in [2.75, 3.05) is 12.3 Å². The first-order valence-electron chi connectivity index (χ1n) is 8.94. The molecule has 1 aliphatic heterocycles. The maximum atomic E-state index is 11.0. The molecule has 4 atom stereocenters. The molecule has 0 spiro atoms. The van der Waals surface area contributed by atoms with Crippen molar-refractivity contribution in [3.63, 3.8) is 0 Å². The standard InChI is InChI=1S/C16H19N7O6S2/c17-13-10-14(21-7-20-13)23(22-15(10)30-6-8-3-1-2-4-19-8)16-12(25)11(24)9(29-16)5-28-31(18,26)27/h1-4,7,9,11-12,16,24-25H,5-6H2,(H2,17,20,21)(H2,18,26,27)/t9-,11-,12-,16-/m1/s1. The number of ether oxygens (including phenoxy) is 1. The van der Waals surface area contributed by atoms with Gasteiger partial charge in [0.15, 0.2) is 11.9 Å². The predicted molar refractivity (Wildman–Crippen MR) is 109 cm³/mol. The fraction of sp³-hybridized carbons (Fsp3) is 0.375. The Morgan fingerprint density at radius 3 is 2.74 bits per heavy atom. The normalized spacial score (nSPS) is 24.1. The van der Waals surface area contributed by atoms with Crippen molar-refractivity contribution in [2.45, 2.75) is 35.3 Å². The second-order valence-electron chi connectivity index (χ2n) is 6.64. The van der Waals surface area contributed by atoms with E-state index in [9.17, 15) is 18.6 Å². The molecule has 0 bridgehead atoms. The van der Waals surface area contributed by atoms with Gasteiger partial charge in [0.2, 0.25) is 0 Å². The largest absolute Gasteiger partial charge is 0.387 e. The van der Waals surface area contributed by atoms with Gasteiger partial charge in [0.1, 0.15) is 35.5 Å². The van der Waals surface area contributed by atoms with E-state index in [0.717, 1.165) is 5.69 Å². The zero-order chi connectivity index (χ0) is 22.2. The Bertz CT molecular complexity index is 1180. The second kappa shape index (κ2) is 8.62. The van der Waals surface area contributed by atoms with Crippen molar-refractivity contribution in [3.8, 4) is 0 Å². The van der Waals surface area contributed by atoms with E-state index < -0.39 is 41.5 Å². The van der Waals surface area contributed by atoms with Crippen molar-refractivity contribution >= 4 is 38.9 Å². The lowest BCUT2D eigenvalue weighted by molar-refractivity contribution is -0.0531. The number of aliphatic hydroxyl groups is 2. The maximum absolute atomic E-state index is 11.0. The van der Waals surface area contributed by atoms with Crippen LogP contribution in [0.4, 0.5) is 5.82 Å². The Morgan fingerprint density at radius 2 is 2.03 bits per heavy atom. The number of anilines is 1. The van der Waals surface area contributed by atoms with Crippen LogP contribution in [0.15, 0.2) is 35.7 Å². The third-order valence-corrected chi connectivity index (χ3v) is 6.01. The van der Waals surface area contributed by atoms with E-state index in [1.54, 1.807) is 6.20 Å². The molecule has 0 amide bonds. The van der Waals surface area contributed by atoms with Crippen LogP contribution >= 0.6 is 11.8 Å². The van der Waals surface area contributed by atoms with Crippen molar-refractivity contribution < 1.29 is 27.6 Å². The van der Waals surface area contributed by atoms with Crippen LogP contribution in [0.5, 0.6) is 0 Å². The minimum absolute atomic E-state index is 0.182. The van der Waals surface area contributed by atoms with E-state index in [1.165, 1.54) is 22.8 Å². The Morgan fingerprint density at radius 1 is 1.23 bits per heavy atom. The molecule has 1 aliphatic rings.